The van der Waals surface area contributed by atoms with Crippen molar-refractivity contribution in [3.8, 4) is 0 Å². The lowest BCUT2D eigenvalue weighted by Crippen LogP contribution is -2.40. The molecule has 1 aliphatic heterocycles. The van der Waals surface area contributed by atoms with Crippen molar-refractivity contribution in [2.24, 2.45) is 4.99 Å². The van der Waals surface area contributed by atoms with Crippen LogP contribution in [0.25, 0.3) is 0 Å². The van der Waals surface area contributed by atoms with E-state index in [1.54, 1.807) is 12.1 Å². The molecule has 4 nitrogen and oxygen atoms in total. The largest absolute Gasteiger partial charge is 0.354 e. The number of hydrogen-bond donors (Lipinski definition) is 2. The highest BCUT2D eigenvalue weighted by molar-refractivity contribution is 6.05. The molecular weight excluding hydrogens is 221 g/mol. The number of guanidine groups is 1. The van der Waals surface area contributed by atoms with Gasteiger partial charge in [0.25, 0.3) is 5.91 Å². The van der Waals surface area contributed by atoms with Gasteiger partial charge in [-0.3, -0.25) is 10.1 Å². The molecule has 1 aliphatic rings. The van der Waals surface area contributed by atoms with E-state index in [1.165, 1.54) is 12.1 Å². The summed E-state index contributed by atoms with van der Waals surface area (Å²) < 4.78 is 13.1. The van der Waals surface area contributed by atoms with E-state index >= 15 is 0 Å². The summed E-state index contributed by atoms with van der Waals surface area (Å²) in [7, 11) is 0. The van der Waals surface area contributed by atoms with Crippen LogP contribution in [0.4, 0.5) is 4.39 Å². The summed E-state index contributed by atoms with van der Waals surface area (Å²) in [4.78, 5) is 15.9. The summed E-state index contributed by atoms with van der Waals surface area (Å²) in [5.74, 6) is -0.159. The van der Waals surface area contributed by atoms with Crippen LogP contribution in [0.3, 0.4) is 0 Å². The molecule has 90 valence electrons. The number of aliphatic imine (C=N–C) groups is 1. The van der Waals surface area contributed by atoms with Gasteiger partial charge < -0.3 is 5.32 Å². The van der Waals surface area contributed by atoms with Gasteiger partial charge in [0.2, 0.25) is 0 Å². The van der Waals surface area contributed by atoms with Crippen LogP contribution in [0.1, 0.15) is 25.5 Å². The number of rotatable bonds is 2. The van der Waals surface area contributed by atoms with E-state index in [-0.39, 0.29) is 17.8 Å². The number of benzene rings is 1. The predicted molar refractivity (Wildman–Crippen MR) is 63.0 cm³/mol. The average Bonchev–Trinajstić information content (AvgIpc) is 2.58. The van der Waals surface area contributed by atoms with Crippen LogP contribution < -0.4 is 10.6 Å². The highest BCUT2D eigenvalue weighted by Gasteiger charge is 2.28. The molecule has 0 bridgehead atoms. The van der Waals surface area contributed by atoms with E-state index < -0.39 is 6.04 Å². The van der Waals surface area contributed by atoms with Gasteiger partial charge in [0, 0.05) is 6.04 Å². The highest BCUT2D eigenvalue weighted by atomic mass is 19.1. The van der Waals surface area contributed by atoms with Crippen LogP contribution in [0.5, 0.6) is 0 Å². The Morgan fingerprint density at radius 1 is 1.47 bits per heavy atom. The van der Waals surface area contributed by atoms with Crippen LogP contribution >= 0.6 is 0 Å². The zero-order valence-electron chi connectivity index (χ0n) is 9.70. The summed E-state index contributed by atoms with van der Waals surface area (Å²) in [5.41, 5.74) is 0.558. The van der Waals surface area contributed by atoms with Crippen molar-refractivity contribution < 1.29 is 9.18 Å². The van der Waals surface area contributed by atoms with Crippen LogP contribution in [-0.2, 0) is 4.79 Å². The van der Waals surface area contributed by atoms with Crippen molar-refractivity contribution in [1.82, 2.24) is 10.6 Å². The maximum Gasteiger partial charge on any atom is 0.256 e. The minimum atomic E-state index is -0.660. The van der Waals surface area contributed by atoms with Crippen molar-refractivity contribution in [2.75, 3.05) is 0 Å². The van der Waals surface area contributed by atoms with Crippen molar-refractivity contribution in [2.45, 2.75) is 25.9 Å². The summed E-state index contributed by atoms with van der Waals surface area (Å²) in [6.07, 6.45) is 0. The minimum Gasteiger partial charge on any atom is -0.354 e. The van der Waals surface area contributed by atoms with Gasteiger partial charge in [-0.15, -0.1) is 0 Å². The lowest BCUT2D eigenvalue weighted by atomic mass is 10.1. The first-order valence-corrected chi connectivity index (χ1v) is 5.47. The molecule has 2 rings (SSSR count). The Morgan fingerprint density at radius 3 is 2.88 bits per heavy atom. The van der Waals surface area contributed by atoms with E-state index in [2.05, 4.69) is 15.6 Å². The molecule has 0 saturated heterocycles. The molecule has 0 aromatic heterocycles. The molecule has 1 aromatic carbocycles. The minimum absolute atomic E-state index is 0.181. The Balaban J connectivity index is 2.21. The Kier molecular flexibility index (Phi) is 3.08. The van der Waals surface area contributed by atoms with E-state index in [1.807, 2.05) is 13.8 Å². The van der Waals surface area contributed by atoms with Gasteiger partial charge in [0.15, 0.2) is 12.0 Å². The van der Waals surface area contributed by atoms with Crippen LogP contribution in [0.15, 0.2) is 29.3 Å². The second kappa shape index (κ2) is 4.53. The van der Waals surface area contributed by atoms with Crippen molar-refractivity contribution in [3.05, 3.63) is 35.6 Å². The lowest BCUT2D eigenvalue weighted by molar-refractivity contribution is -0.120. The third-order valence-electron chi connectivity index (χ3n) is 2.34. The van der Waals surface area contributed by atoms with E-state index in [0.717, 1.165) is 0 Å². The van der Waals surface area contributed by atoms with Crippen molar-refractivity contribution in [3.63, 3.8) is 0 Å². The fourth-order valence-electron chi connectivity index (χ4n) is 1.65. The number of amides is 1. The van der Waals surface area contributed by atoms with E-state index in [0.29, 0.717) is 11.5 Å². The molecule has 1 atom stereocenters. The van der Waals surface area contributed by atoms with Crippen LogP contribution in [0.2, 0.25) is 0 Å². The number of hydrogen-bond acceptors (Lipinski definition) is 3. The molecule has 0 aliphatic carbocycles. The highest BCUT2D eigenvalue weighted by Crippen LogP contribution is 2.21. The molecule has 1 aromatic rings. The lowest BCUT2D eigenvalue weighted by Gasteiger charge is -2.07. The SMILES string of the molecule is CC(C)NC1=NC(c2cccc(F)c2)C(=O)N1. The van der Waals surface area contributed by atoms with Gasteiger partial charge in [0.05, 0.1) is 0 Å². The maximum absolute atomic E-state index is 13.1. The molecule has 0 fully saturated rings. The molecule has 1 unspecified atom stereocenters. The van der Waals surface area contributed by atoms with E-state index in [4.69, 9.17) is 0 Å². The first-order valence-electron chi connectivity index (χ1n) is 5.47. The zero-order valence-corrected chi connectivity index (χ0v) is 9.70. The second-order valence-electron chi connectivity index (χ2n) is 4.22. The van der Waals surface area contributed by atoms with Gasteiger partial charge >= 0.3 is 0 Å². The van der Waals surface area contributed by atoms with Crippen molar-refractivity contribution >= 4 is 11.9 Å². The fraction of sp³-hybridized carbons (Fsp3) is 0.333. The summed E-state index contributed by atoms with van der Waals surface area (Å²) in [5, 5.41) is 5.64. The average molecular weight is 235 g/mol. The molecule has 17 heavy (non-hydrogen) atoms. The first kappa shape index (κ1) is 11.6. The standard InChI is InChI=1S/C12H14FN3O/c1-7(2)14-12-15-10(11(17)16-12)8-4-3-5-9(13)6-8/h3-7,10H,1-2H3,(H2,14,15,16,17). The summed E-state index contributed by atoms with van der Waals surface area (Å²) in [6.45, 7) is 3.90. The molecule has 0 radical (unpaired) electrons. The monoisotopic (exact) mass is 235 g/mol. The molecule has 2 N–H and O–H groups in total. The zero-order chi connectivity index (χ0) is 12.4. The molecule has 5 heteroatoms. The summed E-state index contributed by atoms with van der Waals surface area (Å²) in [6, 6.07) is 5.45. The number of nitrogens with one attached hydrogen (secondary N) is 2. The Bertz CT molecular complexity index is 471. The smallest absolute Gasteiger partial charge is 0.256 e. The molecule has 0 spiro atoms. The van der Waals surface area contributed by atoms with Gasteiger partial charge in [0.1, 0.15) is 5.82 Å². The maximum atomic E-state index is 13.1. The van der Waals surface area contributed by atoms with Crippen LogP contribution in [-0.4, -0.2) is 17.9 Å². The third-order valence-corrected chi connectivity index (χ3v) is 2.34. The third kappa shape index (κ3) is 2.61. The van der Waals surface area contributed by atoms with Gasteiger partial charge in [-0.2, -0.15) is 0 Å². The Morgan fingerprint density at radius 2 is 2.24 bits per heavy atom. The molecule has 1 amide bonds. The topological polar surface area (TPSA) is 53.5 Å². The fourth-order valence-corrected chi connectivity index (χ4v) is 1.65. The number of nitrogens with zero attached hydrogens (tertiary/aromatic N) is 1. The predicted octanol–water partition coefficient (Wildman–Crippen LogP) is 1.35. The Hall–Kier alpha value is -1.91. The summed E-state index contributed by atoms with van der Waals surface area (Å²) >= 11 is 0. The van der Waals surface area contributed by atoms with Crippen molar-refractivity contribution in [1.29, 1.82) is 0 Å². The quantitative estimate of drug-likeness (QED) is 0.813. The number of carbonyl (C=O) groups excluding carboxylic acids is 1. The van der Waals surface area contributed by atoms with Gasteiger partial charge in [-0.25, -0.2) is 9.38 Å². The number of carbonyl (C=O) groups is 1. The molecule has 1 heterocycles. The normalized spacial score (nSPS) is 19.2. The number of halogens is 1. The first-order chi connectivity index (χ1) is 8.06. The van der Waals surface area contributed by atoms with E-state index in [9.17, 15) is 9.18 Å². The molecular formula is C12H14FN3O. The van der Waals surface area contributed by atoms with Gasteiger partial charge in [-0.1, -0.05) is 12.1 Å². The van der Waals surface area contributed by atoms with Crippen LogP contribution in [0, 0.1) is 5.82 Å². The second-order valence-corrected chi connectivity index (χ2v) is 4.22. The van der Waals surface area contributed by atoms with Gasteiger partial charge in [-0.05, 0) is 31.5 Å². The molecule has 0 saturated carbocycles. The Labute approximate surface area is 98.9 Å².